The Kier molecular flexibility index (Phi) is 3.83. The molecule has 2 N–H and O–H groups in total. The molecule has 0 aliphatic heterocycles. The molecule has 21 heavy (non-hydrogen) atoms. The largest absolute Gasteiger partial charge is 0.378 e. The fourth-order valence-electron chi connectivity index (χ4n) is 2.03. The Morgan fingerprint density at radius 2 is 2.14 bits per heavy atom. The number of pyridine rings is 1. The summed E-state index contributed by atoms with van der Waals surface area (Å²) in [6.45, 7) is 0.444. The molecule has 1 aromatic carbocycles. The Morgan fingerprint density at radius 3 is 2.90 bits per heavy atom. The highest BCUT2D eigenvalue weighted by Crippen LogP contribution is 2.23. The van der Waals surface area contributed by atoms with Crippen molar-refractivity contribution in [3.05, 3.63) is 65.3 Å². The molecular formula is C15H12ClFN4. The summed E-state index contributed by atoms with van der Waals surface area (Å²) in [5.41, 5.74) is 3.13. The third-order valence-corrected chi connectivity index (χ3v) is 3.30. The quantitative estimate of drug-likeness (QED) is 0.769. The van der Waals surface area contributed by atoms with Crippen molar-refractivity contribution in [2.24, 2.45) is 0 Å². The van der Waals surface area contributed by atoms with E-state index < -0.39 is 0 Å². The number of aromatic nitrogens is 3. The van der Waals surface area contributed by atoms with Gasteiger partial charge in [0, 0.05) is 35.1 Å². The van der Waals surface area contributed by atoms with Crippen molar-refractivity contribution in [3.63, 3.8) is 0 Å². The molecule has 0 spiro atoms. The first-order chi connectivity index (χ1) is 10.2. The van der Waals surface area contributed by atoms with Crippen molar-refractivity contribution in [2.75, 3.05) is 5.32 Å². The Balaban J connectivity index is 1.79. The monoisotopic (exact) mass is 302 g/mol. The van der Waals surface area contributed by atoms with Crippen LogP contribution >= 0.6 is 11.6 Å². The van der Waals surface area contributed by atoms with Gasteiger partial charge in [0.05, 0.1) is 17.6 Å². The summed E-state index contributed by atoms with van der Waals surface area (Å²) in [4.78, 5) is 4.08. The summed E-state index contributed by atoms with van der Waals surface area (Å²) in [6.07, 6.45) is 5.17. The van der Waals surface area contributed by atoms with E-state index in [9.17, 15) is 4.39 Å². The van der Waals surface area contributed by atoms with E-state index in [1.807, 2.05) is 12.1 Å². The number of aromatic amines is 1. The fraction of sp³-hybridized carbons (Fsp3) is 0.0667. The lowest BCUT2D eigenvalue weighted by Gasteiger charge is -2.08. The lowest BCUT2D eigenvalue weighted by Crippen LogP contribution is -2.02. The van der Waals surface area contributed by atoms with Crippen molar-refractivity contribution in [1.29, 1.82) is 0 Å². The van der Waals surface area contributed by atoms with Gasteiger partial charge in [-0.05, 0) is 30.3 Å². The smallest absolute Gasteiger partial charge is 0.147 e. The van der Waals surface area contributed by atoms with Crippen LogP contribution in [-0.2, 0) is 6.54 Å². The minimum absolute atomic E-state index is 0.373. The normalized spacial score (nSPS) is 10.6. The summed E-state index contributed by atoms with van der Waals surface area (Å²) < 4.78 is 13.7. The molecule has 0 aliphatic carbocycles. The standard InChI is InChI=1S/C15H12ClFN4/c16-12-3-4-14(13(17)6-12)19-8-11-9-20-21-15(11)10-2-1-5-18-7-10/h1-7,9,19H,8H2,(H,20,21). The van der Waals surface area contributed by atoms with Gasteiger partial charge >= 0.3 is 0 Å². The van der Waals surface area contributed by atoms with Gasteiger partial charge in [0.25, 0.3) is 0 Å². The average Bonchev–Trinajstić information content (AvgIpc) is 2.96. The van der Waals surface area contributed by atoms with E-state index in [1.165, 1.54) is 6.07 Å². The number of nitrogens with one attached hydrogen (secondary N) is 2. The summed E-state index contributed by atoms with van der Waals surface area (Å²) >= 11 is 5.73. The highest BCUT2D eigenvalue weighted by molar-refractivity contribution is 6.30. The molecule has 4 nitrogen and oxygen atoms in total. The maximum atomic E-state index is 13.7. The second kappa shape index (κ2) is 5.93. The first-order valence-corrected chi connectivity index (χ1v) is 6.73. The third kappa shape index (κ3) is 3.03. The van der Waals surface area contributed by atoms with Crippen LogP contribution in [-0.4, -0.2) is 15.2 Å². The maximum Gasteiger partial charge on any atom is 0.147 e. The van der Waals surface area contributed by atoms with E-state index in [0.717, 1.165) is 16.8 Å². The van der Waals surface area contributed by atoms with Crippen LogP contribution in [0.3, 0.4) is 0 Å². The Labute approximate surface area is 126 Å². The predicted octanol–water partition coefficient (Wildman–Crippen LogP) is 3.88. The predicted molar refractivity (Wildman–Crippen MR) is 80.6 cm³/mol. The number of nitrogens with zero attached hydrogens (tertiary/aromatic N) is 2. The van der Waals surface area contributed by atoms with Gasteiger partial charge in [-0.25, -0.2) is 4.39 Å². The molecule has 2 aromatic heterocycles. The zero-order valence-electron chi connectivity index (χ0n) is 11.0. The first kappa shape index (κ1) is 13.6. The van der Waals surface area contributed by atoms with E-state index in [2.05, 4.69) is 20.5 Å². The number of H-pyrrole nitrogens is 1. The number of hydrogen-bond acceptors (Lipinski definition) is 3. The van der Waals surface area contributed by atoms with E-state index in [1.54, 1.807) is 30.7 Å². The minimum Gasteiger partial charge on any atom is -0.378 e. The zero-order valence-corrected chi connectivity index (χ0v) is 11.7. The first-order valence-electron chi connectivity index (χ1n) is 6.35. The van der Waals surface area contributed by atoms with Crippen molar-refractivity contribution < 1.29 is 4.39 Å². The van der Waals surface area contributed by atoms with E-state index in [-0.39, 0.29) is 5.82 Å². The topological polar surface area (TPSA) is 53.6 Å². The molecule has 3 rings (SSSR count). The van der Waals surface area contributed by atoms with Crippen LogP contribution in [0.2, 0.25) is 5.02 Å². The molecular weight excluding hydrogens is 291 g/mol. The molecule has 2 heterocycles. The molecule has 0 aliphatic rings. The van der Waals surface area contributed by atoms with Crippen LogP contribution in [0.1, 0.15) is 5.56 Å². The number of rotatable bonds is 4. The van der Waals surface area contributed by atoms with Gasteiger partial charge in [0.1, 0.15) is 5.82 Å². The summed E-state index contributed by atoms with van der Waals surface area (Å²) in [6, 6.07) is 8.33. The maximum absolute atomic E-state index is 13.7. The number of anilines is 1. The second-order valence-electron chi connectivity index (χ2n) is 4.49. The molecule has 0 saturated carbocycles. The lowest BCUT2D eigenvalue weighted by molar-refractivity contribution is 0.630. The van der Waals surface area contributed by atoms with E-state index in [0.29, 0.717) is 17.3 Å². The van der Waals surface area contributed by atoms with Gasteiger partial charge in [-0.3, -0.25) is 10.1 Å². The summed E-state index contributed by atoms with van der Waals surface area (Å²) in [5, 5.41) is 10.4. The van der Waals surface area contributed by atoms with Gasteiger partial charge < -0.3 is 5.32 Å². The molecule has 0 radical (unpaired) electrons. The van der Waals surface area contributed by atoms with Crippen LogP contribution in [0.25, 0.3) is 11.3 Å². The molecule has 0 fully saturated rings. The highest BCUT2D eigenvalue weighted by Gasteiger charge is 2.09. The van der Waals surface area contributed by atoms with Crippen molar-refractivity contribution in [1.82, 2.24) is 15.2 Å². The minimum atomic E-state index is -0.381. The number of halogens is 2. The molecule has 0 unspecified atom stereocenters. The molecule has 3 aromatic rings. The Hall–Kier alpha value is -2.40. The Bertz CT molecular complexity index is 742. The van der Waals surface area contributed by atoms with E-state index in [4.69, 9.17) is 11.6 Å². The zero-order chi connectivity index (χ0) is 14.7. The molecule has 0 atom stereocenters. The number of hydrogen-bond donors (Lipinski definition) is 2. The SMILES string of the molecule is Fc1cc(Cl)ccc1NCc1cn[nH]c1-c1cccnc1. The van der Waals surface area contributed by atoms with Gasteiger partial charge in [0.15, 0.2) is 0 Å². The van der Waals surface area contributed by atoms with Crippen molar-refractivity contribution in [3.8, 4) is 11.3 Å². The highest BCUT2D eigenvalue weighted by atomic mass is 35.5. The van der Waals surface area contributed by atoms with Gasteiger partial charge in [-0.2, -0.15) is 5.10 Å². The van der Waals surface area contributed by atoms with Crippen LogP contribution in [0.5, 0.6) is 0 Å². The van der Waals surface area contributed by atoms with Crippen molar-refractivity contribution in [2.45, 2.75) is 6.54 Å². The lowest BCUT2D eigenvalue weighted by atomic mass is 10.1. The molecule has 6 heteroatoms. The third-order valence-electron chi connectivity index (χ3n) is 3.07. The van der Waals surface area contributed by atoms with Crippen molar-refractivity contribution >= 4 is 17.3 Å². The summed E-state index contributed by atoms with van der Waals surface area (Å²) in [7, 11) is 0. The number of benzene rings is 1. The fourth-order valence-corrected chi connectivity index (χ4v) is 2.19. The van der Waals surface area contributed by atoms with Gasteiger partial charge in [-0.1, -0.05) is 11.6 Å². The average molecular weight is 303 g/mol. The van der Waals surface area contributed by atoms with Crippen LogP contribution in [0.15, 0.2) is 48.9 Å². The van der Waals surface area contributed by atoms with Crippen LogP contribution in [0.4, 0.5) is 10.1 Å². The van der Waals surface area contributed by atoms with Gasteiger partial charge in [-0.15, -0.1) is 0 Å². The summed E-state index contributed by atoms with van der Waals surface area (Å²) in [5.74, 6) is -0.381. The Morgan fingerprint density at radius 1 is 1.24 bits per heavy atom. The van der Waals surface area contributed by atoms with Gasteiger partial charge in [0.2, 0.25) is 0 Å². The molecule has 106 valence electrons. The van der Waals surface area contributed by atoms with Crippen LogP contribution < -0.4 is 5.32 Å². The van der Waals surface area contributed by atoms with E-state index >= 15 is 0 Å². The van der Waals surface area contributed by atoms with Crippen LogP contribution in [0, 0.1) is 5.82 Å². The molecule has 0 amide bonds. The second-order valence-corrected chi connectivity index (χ2v) is 4.93. The molecule has 0 saturated heterocycles. The molecule has 0 bridgehead atoms.